The van der Waals surface area contributed by atoms with Crippen molar-refractivity contribution in [3.05, 3.63) is 65.2 Å². The highest BCUT2D eigenvalue weighted by molar-refractivity contribution is 5.48. The summed E-state index contributed by atoms with van der Waals surface area (Å²) in [5.41, 5.74) is 2.06. The number of anilines is 1. The van der Waals surface area contributed by atoms with Gasteiger partial charge in [-0.3, -0.25) is 0 Å². The van der Waals surface area contributed by atoms with Crippen LogP contribution in [0.25, 0.3) is 0 Å². The Labute approximate surface area is 127 Å². The SMILES string of the molecule is N#Cc1ccc(NC2CCOC2c2ccc(F)c(F)c2)cc1. The second-order valence-corrected chi connectivity index (χ2v) is 5.19. The molecule has 0 bridgehead atoms. The number of halogens is 2. The summed E-state index contributed by atoms with van der Waals surface area (Å²) in [7, 11) is 0. The molecule has 1 N–H and O–H groups in total. The quantitative estimate of drug-likeness (QED) is 0.938. The van der Waals surface area contributed by atoms with Gasteiger partial charge in [-0.15, -0.1) is 0 Å². The van der Waals surface area contributed by atoms with Gasteiger partial charge in [0.15, 0.2) is 11.6 Å². The predicted octanol–water partition coefficient (Wildman–Crippen LogP) is 3.78. The van der Waals surface area contributed by atoms with Gasteiger partial charge in [-0.2, -0.15) is 5.26 Å². The lowest BCUT2D eigenvalue weighted by molar-refractivity contribution is 0.107. The molecule has 2 atom stereocenters. The van der Waals surface area contributed by atoms with E-state index in [1.165, 1.54) is 6.07 Å². The number of hydrogen-bond acceptors (Lipinski definition) is 3. The fourth-order valence-electron chi connectivity index (χ4n) is 2.61. The van der Waals surface area contributed by atoms with Crippen molar-refractivity contribution in [3.8, 4) is 6.07 Å². The molecule has 1 fully saturated rings. The van der Waals surface area contributed by atoms with Gasteiger partial charge in [-0.25, -0.2) is 8.78 Å². The maximum atomic E-state index is 13.4. The molecule has 3 rings (SSSR count). The average molecular weight is 300 g/mol. The molecule has 0 amide bonds. The lowest BCUT2D eigenvalue weighted by atomic mass is 10.0. The largest absolute Gasteiger partial charge is 0.379 e. The number of nitriles is 1. The highest BCUT2D eigenvalue weighted by Gasteiger charge is 2.30. The maximum Gasteiger partial charge on any atom is 0.159 e. The van der Waals surface area contributed by atoms with Crippen molar-refractivity contribution in [2.75, 3.05) is 11.9 Å². The molecule has 3 nitrogen and oxygen atoms in total. The van der Waals surface area contributed by atoms with Crippen molar-refractivity contribution in [1.29, 1.82) is 5.26 Å². The van der Waals surface area contributed by atoms with E-state index in [1.807, 2.05) is 12.1 Å². The summed E-state index contributed by atoms with van der Waals surface area (Å²) in [6, 6.07) is 13.0. The molecule has 0 aliphatic carbocycles. The van der Waals surface area contributed by atoms with E-state index < -0.39 is 11.6 Å². The molecule has 1 heterocycles. The van der Waals surface area contributed by atoms with E-state index in [0.29, 0.717) is 17.7 Å². The number of hydrogen-bond donors (Lipinski definition) is 1. The number of ether oxygens (including phenoxy) is 1. The van der Waals surface area contributed by atoms with Crippen molar-refractivity contribution in [3.63, 3.8) is 0 Å². The zero-order valence-corrected chi connectivity index (χ0v) is 11.7. The van der Waals surface area contributed by atoms with Crippen molar-refractivity contribution in [2.45, 2.75) is 18.6 Å². The summed E-state index contributed by atoms with van der Waals surface area (Å²) in [4.78, 5) is 0. The first-order valence-electron chi connectivity index (χ1n) is 7.00. The Balaban J connectivity index is 1.77. The van der Waals surface area contributed by atoms with Crippen LogP contribution in [0.1, 0.15) is 23.7 Å². The minimum Gasteiger partial charge on any atom is -0.379 e. The van der Waals surface area contributed by atoms with Crippen LogP contribution in [0.5, 0.6) is 0 Å². The molecule has 2 aromatic rings. The van der Waals surface area contributed by atoms with E-state index in [0.717, 1.165) is 18.2 Å². The van der Waals surface area contributed by atoms with Gasteiger partial charge in [0.05, 0.1) is 17.7 Å². The second-order valence-electron chi connectivity index (χ2n) is 5.19. The summed E-state index contributed by atoms with van der Waals surface area (Å²) < 4.78 is 32.1. The molecule has 1 aliphatic rings. The van der Waals surface area contributed by atoms with E-state index >= 15 is 0 Å². The molecule has 0 radical (unpaired) electrons. The summed E-state index contributed by atoms with van der Waals surface area (Å²) in [6.07, 6.45) is 0.440. The number of benzene rings is 2. The van der Waals surface area contributed by atoms with Gasteiger partial charge in [-0.05, 0) is 48.4 Å². The molecule has 1 saturated heterocycles. The van der Waals surface area contributed by atoms with Crippen LogP contribution >= 0.6 is 0 Å². The minimum atomic E-state index is -0.870. The average Bonchev–Trinajstić information content (AvgIpc) is 2.99. The lowest BCUT2D eigenvalue weighted by Gasteiger charge is -2.21. The first-order chi connectivity index (χ1) is 10.7. The van der Waals surface area contributed by atoms with Gasteiger partial charge in [0.2, 0.25) is 0 Å². The third kappa shape index (κ3) is 2.92. The van der Waals surface area contributed by atoms with Gasteiger partial charge < -0.3 is 10.1 Å². The first kappa shape index (κ1) is 14.5. The van der Waals surface area contributed by atoms with Crippen LogP contribution in [0.15, 0.2) is 42.5 Å². The third-order valence-corrected chi connectivity index (χ3v) is 3.73. The fourth-order valence-corrected chi connectivity index (χ4v) is 2.61. The van der Waals surface area contributed by atoms with Gasteiger partial charge in [0.1, 0.15) is 6.10 Å². The van der Waals surface area contributed by atoms with Crippen LogP contribution in [-0.4, -0.2) is 12.6 Å². The highest BCUT2D eigenvalue weighted by atomic mass is 19.2. The predicted molar refractivity (Wildman–Crippen MR) is 78.2 cm³/mol. The molecule has 0 spiro atoms. The van der Waals surface area contributed by atoms with E-state index in [2.05, 4.69) is 11.4 Å². The summed E-state index contributed by atoms with van der Waals surface area (Å²) in [5, 5.41) is 12.1. The van der Waals surface area contributed by atoms with Crippen LogP contribution in [0.3, 0.4) is 0 Å². The van der Waals surface area contributed by atoms with Gasteiger partial charge >= 0.3 is 0 Å². The Morgan fingerprint density at radius 3 is 2.55 bits per heavy atom. The van der Waals surface area contributed by atoms with E-state index in [4.69, 9.17) is 10.00 Å². The molecule has 2 unspecified atom stereocenters. The molecule has 5 heteroatoms. The normalized spacial score (nSPS) is 20.6. The summed E-state index contributed by atoms with van der Waals surface area (Å²) >= 11 is 0. The van der Waals surface area contributed by atoms with E-state index in [-0.39, 0.29) is 12.1 Å². The Hall–Kier alpha value is -2.45. The summed E-state index contributed by atoms with van der Waals surface area (Å²) in [6.45, 7) is 0.553. The topological polar surface area (TPSA) is 45.0 Å². The highest BCUT2D eigenvalue weighted by Crippen LogP contribution is 2.32. The van der Waals surface area contributed by atoms with Crippen LogP contribution in [-0.2, 0) is 4.74 Å². The molecule has 2 aromatic carbocycles. The van der Waals surface area contributed by atoms with Crippen molar-refractivity contribution >= 4 is 5.69 Å². The van der Waals surface area contributed by atoms with Gasteiger partial charge in [0.25, 0.3) is 0 Å². The first-order valence-corrected chi connectivity index (χ1v) is 7.00. The van der Waals surface area contributed by atoms with E-state index in [9.17, 15) is 8.78 Å². The molecular weight excluding hydrogens is 286 g/mol. The molecule has 1 aliphatic heterocycles. The van der Waals surface area contributed by atoms with Crippen LogP contribution in [0.4, 0.5) is 14.5 Å². The van der Waals surface area contributed by atoms with Crippen molar-refractivity contribution in [1.82, 2.24) is 0 Å². The Morgan fingerprint density at radius 2 is 1.86 bits per heavy atom. The zero-order chi connectivity index (χ0) is 15.5. The van der Waals surface area contributed by atoms with Crippen LogP contribution < -0.4 is 5.32 Å². The van der Waals surface area contributed by atoms with Gasteiger partial charge in [-0.1, -0.05) is 6.07 Å². The number of rotatable bonds is 3. The molecule has 22 heavy (non-hydrogen) atoms. The van der Waals surface area contributed by atoms with Crippen LogP contribution in [0.2, 0.25) is 0 Å². The number of nitrogens with one attached hydrogen (secondary N) is 1. The lowest BCUT2D eigenvalue weighted by Crippen LogP contribution is -2.23. The van der Waals surface area contributed by atoms with Crippen LogP contribution in [0, 0.1) is 23.0 Å². The van der Waals surface area contributed by atoms with Gasteiger partial charge in [0, 0.05) is 12.3 Å². The van der Waals surface area contributed by atoms with Crippen molar-refractivity contribution < 1.29 is 13.5 Å². The van der Waals surface area contributed by atoms with Crippen molar-refractivity contribution in [2.24, 2.45) is 0 Å². The molecule has 112 valence electrons. The Bertz CT molecular complexity index is 710. The second kappa shape index (κ2) is 6.12. The molecule has 0 saturated carbocycles. The number of nitrogens with zero attached hydrogens (tertiary/aromatic N) is 1. The fraction of sp³-hybridized carbons (Fsp3) is 0.235. The Morgan fingerprint density at radius 1 is 1.09 bits per heavy atom. The molecule has 0 aromatic heterocycles. The minimum absolute atomic E-state index is 0.0298. The Kier molecular flexibility index (Phi) is 4.03. The molecular formula is C17H14F2N2O. The monoisotopic (exact) mass is 300 g/mol. The maximum absolute atomic E-state index is 13.4. The standard InChI is InChI=1S/C17H14F2N2O/c18-14-6-3-12(9-15(14)19)17-16(7-8-22-17)21-13-4-1-11(10-20)2-5-13/h1-6,9,16-17,21H,7-8H2. The third-order valence-electron chi connectivity index (χ3n) is 3.73. The smallest absolute Gasteiger partial charge is 0.159 e. The van der Waals surface area contributed by atoms with E-state index in [1.54, 1.807) is 18.2 Å². The summed E-state index contributed by atoms with van der Waals surface area (Å²) in [5.74, 6) is -1.73. The zero-order valence-electron chi connectivity index (χ0n) is 11.7.